The van der Waals surface area contributed by atoms with Crippen LogP contribution in [0.2, 0.25) is 0 Å². The van der Waals surface area contributed by atoms with Crippen molar-refractivity contribution < 1.29 is 4.79 Å². The van der Waals surface area contributed by atoms with Crippen LogP contribution in [0.4, 0.5) is 0 Å². The van der Waals surface area contributed by atoms with Crippen LogP contribution in [0, 0.1) is 5.92 Å². The third-order valence-electron chi connectivity index (χ3n) is 2.18. The lowest BCUT2D eigenvalue weighted by atomic mass is 10.1. The zero-order valence-corrected chi connectivity index (χ0v) is 12.3. The summed E-state index contributed by atoms with van der Waals surface area (Å²) in [6.45, 7) is 4.67. The van der Waals surface area contributed by atoms with Gasteiger partial charge in [-0.15, -0.1) is 11.6 Å². The van der Waals surface area contributed by atoms with E-state index in [1.54, 1.807) is 18.3 Å². The van der Waals surface area contributed by atoms with Gasteiger partial charge >= 0.3 is 0 Å². The molecule has 1 amide bonds. The Kier molecular flexibility index (Phi) is 5.92. The number of rotatable bonds is 5. The Balaban J connectivity index is 2.48. The Bertz CT molecular complexity index is 385. The number of pyridine rings is 1. The van der Waals surface area contributed by atoms with Gasteiger partial charge in [0.2, 0.25) is 0 Å². The van der Waals surface area contributed by atoms with Gasteiger partial charge in [-0.2, -0.15) is 0 Å². The van der Waals surface area contributed by atoms with Gasteiger partial charge in [-0.05, 0) is 40.4 Å². The van der Waals surface area contributed by atoms with Crippen LogP contribution in [0.15, 0.2) is 22.8 Å². The van der Waals surface area contributed by atoms with Crippen molar-refractivity contribution >= 4 is 33.4 Å². The zero-order valence-electron chi connectivity index (χ0n) is 9.91. The standard InChI is InChI=1S/C12H16BrClN2O/c1-8(2)6-9(14)7-16-12(17)11-10(13)4-3-5-15-11/h3-5,8-9H,6-7H2,1-2H3,(H,16,17). The van der Waals surface area contributed by atoms with Gasteiger partial charge < -0.3 is 5.32 Å². The highest BCUT2D eigenvalue weighted by Gasteiger charge is 2.13. The quantitative estimate of drug-likeness (QED) is 0.847. The summed E-state index contributed by atoms with van der Waals surface area (Å²) in [4.78, 5) is 15.8. The Hall–Kier alpha value is -0.610. The third-order valence-corrected chi connectivity index (χ3v) is 3.16. The van der Waals surface area contributed by atoms with E-state index in [1.165, 1.54) is 0 Å². The summed E-state index contributed by atoms with van der Waals surface area (Å²) in [7, 11) is 0. The number of nitrogens with one attached hydrogen (secondary N) is 1. The maximum absolute atomic E-state index is 11.8. The maximum atomic E-state index is 11.8. The SMILES string of the molecule is CC(C)CC(Cl)CNC(=O)c1ncccc1Br. The first-order valence-electron chi connectivity index (χ1n) is 5.53. The molecule has 0 aliphatic rings. The molecule has 94 valence electrons. The molecule has 0 saturated heterocycles. The zero-order chi connectivity index (χ0) is 12.8. The highest BCUT2D eigenvalue weighted by Crippen LogP contribution is 2.13. The molecule has 1 atom stereocenters. The second-order valence-corrected chi connectivity index (χ2v) is 5.74. The van der Waals surface area contributed by atoms with Crippen molar-refractivity contribution in [3.05, 3.63) is 28.5 Å². The summed E-state index contributed by atoms with van der Waals surface area (Å²) in [5.74, 6) is 0.322. The fourth-order valence-corrected chi connectivity index (χ4v) is 2.30. The number of hydrogen-bond donors (Lipinski definition) is 1. The molecule has 0 fully saturated rings. The second-order valence-electron chi connectivity index (χ2n) is 4.27. The molecular formula is C12H16BrClN2O. The first kappa shape index (κ1) is 14.5. The lowest BCUT2D eigenvalue weighted by molar-refractivity contribution is 0.0947. The molecule has 17 heavy (non-hydrogen) atoms. The molecule has 0 aromatic carbocycles. The molecular weight excluding hydrogens is 304 g/mol. The van der Waals surface area contributed by atoms with E-state index >= 15 is 0 Å². The number of halogens is 2. The van der Waals surface area contributed by atoms with E-state index in [0.29, 0.717) is 22.6 Å². The van der Waals surface area contributed by atoms with Crippen LogP contribution in [0.25, 0.3) is 0 Å². The molecule has 0 radical (unpaired) electrons. The first-order chi connectivity index (χ1) is 8.00. The lowest BCUT2D eigenvalue weighted by Gasteiger charge is -2.13. The number of hydrogen-bond acceptors (Lipinski definition) is 2. The maximum Gasteiger partial charge on any atom is 0.271 e. The molecule has 1 heterocycles. The minimum atomic E-state index is -0.202. The van der Waals surface area contributed by atoms with Gasteiger partial charge in [0, 0.05) is 17.2 Å². The van der Waals surface area contributed by atoms with Gasteiger partial charge in [-0.1, -0.05) is 13.8 Å². The van der Waals surface area contributed by atoms with Gasteiger partial charge in [0.1, 0.15) is 5.69 Å². The largest absolute Gasteiger partial charge is 0.349 e. The van der Waals surface area contributed by atoms with Crippen LogP contribution in [-0.2, 0) is 0 Å². The molecule has 1 unspecified atom stereocenters. The van der Waals surface area contributed by atoms with Gasteiger partial charge in [-0.25, -0.2) is 4.98 Å². The van der Waals surface area contributed by atoms with Crippen LogP contribution >= 0.6 is 27.5 Å². The van der Waals surface area contributed by atoms with E-state index in [2.05, 4.69) is 40.1 Å². The van der Waals surface area contributed by atoms with Gasteiger partial charge in [0.15, 0.2) is 0 Å². The molecule has 1 aromatic heterocycles. The summed E-state index contributed by atoms with van der Waals surface area (Å²) in [5, 5.41) is 2.74. The summed E-state index contributed by atoms with van der Waals surface area (Å²) in [6.07, 6.45) is 2.47. The number of aromatic nitrogens is 1. The number of carbonyl (C=O) groups is 1. The van der Waals surface area contributed by atoms with Crippen molar-refractivity contribution in [2.24, 2.45) is 5.92 Å². The van der Waals surface area contributed by atoms with Crippen LogP contribution in [0.1, 0.15) is 30.8 Å². The molecule has 0 spiro atoms. The van der Waals surface area contributed by atoms with Crippen LogP contribution in [0.5, 0.6) is 0 Å². The molecule has 0 bridgehead atoms. The number of carbonyl (C=O) groups excluding carboxylic acids is 1. The summed E-state index contributed by atoms with van der Waals surface area (Å²) >= 11 is 9.39. The predicted molar refractivity (Wildman–Crippen MR) is 73.4 cm³/mol. The van der Waals surface area contributed by atoms with E-state index < -0.39 is 0 Å². The summed E-state index contributed by atoms with van der Waals surface area (Å²) in [5.41, 5.74) is 0.390. The normalized spacial score (nSPS) is 12.5. The predicted octanol–water partition coefficient (Wildman–Crippen LogP) is 3.23. The Morgan fingerprint density at radius 3 is 2.88 bits per heavy atom. The molecule has 1 aromatic rings. The van der Waals surface area contributed by atoms with Gasteiger partial charge in [0.05, 0.1) is 5.38 Å². The average Bonchev–Trinajstić information content (AvgIpc) is 2.25. The highest BCUT2D eigenvalue weighted by molar-refractivity contribution is 9.10. The fraction of sp³-hybridized carbons (Fsp3) is 0.500. The van der Waals surface area contributed by atoms with Crippen LogP contribution in [-0.4, -0.2) is 22.8 Å². The minimum absolute atomic E-state index is 0.0403. The molecule has 0 aliphatic carbocycles. The second kappa shape index (κ2) is 6.97. The van der Waals surface area contributed by atoms with Crippen LogP contribution < -0.4 is 5.32 Å². The van der Waals surface area contributed by atoms with Crippen molar-refractivity contribution in [1.82, 2.24) is 10.3 Å². The van der Waals surface area contributed by atoms with Gasteiger partial charge in [0.25, 0.3) is 5.91 Å². The van der Waals surface area contributed by atoms with Gasteiger partial charge in [-0.3, -0.25) is 4.79 Å². The molecule has 0 aliphatic heterocycles. The highest BCUT2D eigenvalue weighted by atomic mass is 79.9. The van der Waals surface area contributed by atoms with E-state index in [9.17, 15) is 4.79 Å². The Morgan fingerprint density at radius 1 is 1.59 bits per heavy atom. The number of alkyl halides is 1. The minimum Gasteiger partial charge on any atom is -0.349 e. The summed E-state index contributed by atoms with van der Waals surface area (Å²) in [6, 6.07) is 3.55. The topological polar surface area (TPSA) is 42.0 Å². The number of nitrogens with zero attached hydrogens (tertiary/aromatic N) is 1. The van der Waals surface area contributed by atoms with E-state index in [0.717, 1.165) is 6.42 Å². The average molecular weight is 320 g/mol. The van der Waals surface area contributed by atoms with Crippen molar-refractivity contribution in [2.75, 3.05) is 6.54 Å². The molecule has 1 rings (SSSR count). The summed E-state index contributed by atoms with van der Waals surface area (Å²) < 4.78 is 0.687. The van der Waals surface area contributed by atoms with E-state index in [1.807, 2.05) is 0 Å². The third kappa shape index (κ3) is 5.04. The monoisotopic (exact) mass is 318 g/mol. The molecule has 0 saturated carbocycles. The van der Waals surface area contributed by atoms with Crippen molar-refractivity contribution in [3.63, 3.8) is 0 Å². The Labute approximate surface area is 115 Å². The van der Waals surface area contributed by atoms with E-state index in [-0.39, 0.29) is 11.3 Å². The smallest absolute Gasteiger partial charge is 0.271 e. The first-order valence-corrected chi connectivity index (χ1v) is 6.76. The van der Waals surface area contributed by atoms with Crippen molar-refractivity contribution in [1.29, 1.82) is 0 Å². The van der Waals surface area contributed by atoms with Crippen molar-refractivity contribution in [3.8, 4) is 0 Å². The van der Waals surface area contributed by atoms with E-state index in [4.69, 9.17) is 11.6 Å². The lowest BCUT2D eigenvalue weighted by Crippen LogP contribution is -2.31. The number of amides is 1. The Morgan fingerprint density at radius 2 is 2.29 bits per heavy atom. The molecule has 1 N–H and O–H groups in total. The molecule has 3 nitrogen and oxygen atoms in total. The van der Waals surface area contributed by atoms with Crippen LogP contribution in [0.3, 0.4) is 0 Å². The fourth-order valence-electron chi connectivity index (χ4n) is 1.43. The molecule has 5 heteroatoms. The van der Waals surface area contributed by atoms with Crippen molar-refractivity contribution in [2.45, 2.75) is 25.6 Å².